The van der Waals surface area contributed by atoms with Crippen molar-refractivity contribution in [3.8, 4) is 50.0 Å². The number of quaternary nitrogens is 1. The Labute approximate surface area is 240 Å². The maximum absolute atomic E-state index is 12.3. The van der Waals surface area contributed by atoms with Gasteiger partial charge in [-0.05, 0) is 32.3 Å². The summed E-state index contributed by atoms with van der Waals surface area (Å²) in [5.41, 5.74) is 0.945. The zero-order chi connectivity index (χ0) is 30.7. The Kier molecular flexibility index (Phi) is 25.2. The lowest BCUT2D eigenvalue weighted by atomic mass is 9.97. The van der Waals surface area contributed by atoms with Gasteiger partial charge in [-0.1, -0.05) is 50.7 Å². The van der Waals surface area contributed by atoms with Crippen molar-refractivity contribution in [2.75, 3.05) is 39.4 Å². The predicted molar refractivity (Wildman–Crippen MR) is 157 cm³/mol. The molecule has 2 N–H and O–H groups in total. The number of carbonyl (C=O) groups excluding carboxylic acids is 1. The van der Waals surface area contributed by atoms with Gasteiger partial charge in [-0.25, -0.2) is 0 Å². The van der Waals surface area contributed by atoms with Crippen LogP contribution in [0.1, 0.15) is 82.6 Å². The molecule has 1 aliphatic carbocycles. The van der Waals surface area contributed by atoms with Gasteiger partial charge in [0.25, 0.3) is 0 Å². The molecule has 3 fully saturated rings. The van der Waals surface area contributed by atoms with Crippen LogP contribution in [0.5, 0.6) is 11.5 Å². The SMILES string of the molecule is C#C.C#C.C#C.C1CCCCC1.CCOc1c(OCC(F)(F)F)cccc1[C@H]1CC[NH2+]C1.O=CN1CCCCC1. The number of ether oxygens (including phenoxy) is 2. The quantitative estimate of drug-likeness (QED) is 0.351. The molecule has 40 heavy (non-hydrogen) atoms. The summed E-state index contributed by atoms with van der Waals surface area (Å²) in [6, 6.07) is 5.16. The highest BCUT2D eigenvalue weighted by atomic mass is 19.4. The van der Waals surface area contributed by atoms with Crippen molar-refractivity contribution in [2.24, 2.45) is 0 Å². The normalized spacial score (nSPS) is 17.4. The molecule has 0 aromatic heterocycles. The number of rotatable bonds is 6. The first-order valence-corrected chi connectivity index (χ1v) is 13.9. The third-order valence-electron chi connectivity index (χ3n) is 6.34. The summed E-state index contributed by atoms with van der Waals surface area (Å²) < 4.78 is 47.3. The van der Waals surface area contributed by atoms with Crippen molar-refractivity contribution < 1.29 is 32.8 Å². The molecule has 224 valence electrons. The summed E-state index contributed by atoms with van der Waals surface area (Å²) in [5.74, 6) is 0.944. The van der Waals surface area contributed by atoms with Crippen molar-refractivity contribution in [1.29, 1.82) is 0 Å². The molecular formula is C32H48F3N2O3+. The van der Waals surface area contributed by atoms with Crippen molar-refractivity contribution >= 4 is 6.41 Å². The molecule has 5 nitrogen and oxygen atoms in total. The molecule has 3 aliphatic rings. The number of benzene rings is 1. The third-order valence-corrected chi connectivity index (χ3v) is 6.34. The van der Waals surface area contributed by atoms with Gasteiger partial charge in [-0.2, -0.15) is 13.2 Å². The molecule has 1 saturated carbocycles. The third kappa shape index (κ3) is 18.1. The number of para-hydroxylation sites is 1. The van der Waals surface area contributed by atoms with Gasteiger partial charge in [-0.15, -0.1) is 38.5 Å². The summed E-state index contributed by atoms with van der Waals surface area (Å²) >= 11 is 0. The van der Waals surface area contributed by atoms with E-state index < -0.39 is 12.8 Å². The number of alkyl halides is 3. The van der Waals surface area contributed by atoms with E-state index in [4.69, 9.17) is 9.47 Å². The summed E-state index contributed by atoms with van der Waals surface area (Å²) in [5, 5.41) is 2.20. The van der Waals surface area contributed by atoms with Crippen molar-refractivity contribution in [1.82, 2.24) is 4.90 Å². The number of hydrogen-bond donors (Lipinski definition) is 1. The lowest BCUT2D eigenvalue weighted by Gasteiger charge is -2.21. The Bertz CT molecular complexity index is 780. The number of nitrogens with two attached hydrogens (primary N) is 1. The molecular weight excluding hydrogens is 517 g/mol. The number of amides is 1. The van der Waals surface area contributed by atoms with E-state index in [1.165, 1.54) is 63.9 Å². The Balaban J connectivity index is 0. The summed E-state index contributed by atoms with van der Waals surface area (Å²) in [7, 11) is 0. The molecule has 0 spiro atoms. The summed E-state index contributed by atoms with van der Waals surface area (Å²) in [6.45, 7) is 4.83. The average molecular weight is 566 g/mol. The molecule has 1 aromatic carbocycles. The van der Waals surface area contributed by atoms with E-state index in [2.05, 4.69) is 43.9 Å². The predicted octanol–water partition coefficient (Wildman–Crippen LogP) is 5.79. The highest BCUT2D eigenvalue weighted by molar-refractivity contribution is 5.48. The Morgan fingerprint density at radius 2 is 1.43 bits per heavy atom. The maximum Gasteiger partial charge on any atom is 0.422 e. The van der Waals surface area contributed by atoms with E-state index in [9.17, 15) is 18.0 Å². The molecule has 0 unspecified atom stereocenters. The lowest BCUT2D eigenvalue weighted by molar-refractivity contribution is -0.636. The number of halogens is 3. The standard InChI is InChI=1S/C14H18F3NO2.C6H11NO.C6H12.3C2H2/c1-2-19-13-11(10-6-7-18-8-10)4-3-5-12(13)20-9-14(15,16)17;8-6-7-4-2-1-3-5-7;1-2-4-6-5-3-1;3*1-2/h3-5,10,18H,2,6-9H2,1H3;6H,1-5H2;1-6H2;3*1-2H/p+1/t10-;;;;;/m0...../s1. The maximum atomic E-state index is 12.3. The van der Waals surface area contributed by atoms with Gasteiger partial charge in [0, 0.05) is 31.0 Å². The van der Waals surface area contributed by atoms with Crippen LogP contribution in [-0.2, 0) is 4.79 Å². The first-order chi connectivity index (χ1) is 19.4. The van der Waals surface area contributed by atoms with Gasteiger partial charge in [-0.3, -0.25) is 4.79 Å². The van der Waals surface area contributed by atoms with Gasteiger partial charge < -0.3 is 19.7 Å². The average Bonchev–Trinajstić information content (AvgIpc) is 3.56. The molecule has 2 saturated heterocycles. The molecule has 1 aromatic rings. The monoisotopic (exact) mass is 565 g/mol. The Morgan fingerprint density at radius 3 is 1.82 bits per heavy atom. The topological polar surface area (TPSA) is 55.4 Å². The largest absolute Gasteiger partial charge is 0.490 e. The molecule has 1 atom stereocenters. The number of hydrogen-bond acceptors (Lipinski definition) is 3. The van der Waals surface area contributed by atoms with E-state index in [-0.39, 0.29) is 5.75 Å². The fourth-order valence-corrected chi connectivity index (χ4v) is 4.55. The molecule has 1 amide bonds. The molecule has 2 aliphatic heterocycles. The van der Waals surface area contributed by atoms with Crippen LogP contribution in [0, 0.1) is 38.5 Å². The second-order valence-electron chi connectivity index (χ2n) is 9.13. The molecule has 4 rings (SSSR count). The minimum absolute atomic E-state index is 0.175. The van der Waals surface area contributed by atoms with Gasteiger partial charge >= 0.3 is 6.18 Å². The highest BCUT2D eigenvalue weighted by Crippen LogP contribution is 2.38. The first-order valence-electron chi connectivity index (χ1n) is 13.9. The van der Waals surface area contributed by atoms with Crippen LogP contribution in [0.25, 0.3) is 0 Å². The van der Waals surface area contributed by atoms with E-state index in [1.54, 1.807) is 6.07 Å². The van der Waals surface area contributed by atoms with Crippen LogP contribution in [-0.4, -0.2) is 56.9 Å². The minimum atomic E-state index is -4.35. The highest BCUT2D eigenvalue weighted by Gasteiger charge is 2.30. The number of carbonyl (C=O) groups is 1. The van der Waals surface area contributed by atoms with Crippen LogP contribution in [0.3, 0.4) is 0 Å². The van der Waals surface area contributed by atoms with E-state index in [0.29, 0.717) is 18.3 Å². The fourth-order valence-electron chi connectivity index (χ4n) is 4.55. The van der Waals surface area contributed by atoms with Crippen LogP contribution < -0.4 is 14.8 Å². The number of terminal acetylenes is 3. The second kappa shape index (κ2) is 26.0. The van der Waals surface area contributed by atoms with Crippen LogP contribution >= 0.6 is 0 Å². The van der Waals surface area contributed by atoms with Crippen molar-refractivity contribution in [3.63, 3.8) is 0 Å². The molecule has 2 heterocycles. The molecule has 8 heteroatoms. The van der Waals surface area contributed by atoms with Crippen molar-refractivity contribution in [2.45, 2.75) is 83.2 Å². The van der Waals surface area contributed by atoms with Gasteiger partial charge in [0.1, 0.15) is 0 Å². The molecule has 0 radical (unpaired) electrons. The fraction of sp³-hybridized carbons (Fsp3) is 0.594. The first kappa shape index (κ1) is 38.9. The van der Waals surface area contributed by atoms with Gasteiger partial charge in [0.05, 0.1) is 19.7 Å². The number of piperidine rings is 1. The lowest BCUT2D eigenvalue weighted by Crippen LogP contribution is -2.81. The zero-order valence-corrected chi connectivity index (χ0v) is 24.0. The van der Waals surface area contributed by atoms with Crippen LogP contribution in [0.2, 0.25) is 0 Å². The minimum Gasteiger partial charge on any atom is -0.490 e. The van der Waals surface area contributed by atoms with E-state index in [0.717, 1.165) is 44.6 Å². The van der Waals surface area contributed by atoms with Crippen LogP contribution in [0.15, 0.2) is 18.2 Å². The Hall–Kier alpha value is -3.28. The van der Waals surface area contributed by atoms with Gasteiger partial charge in [0.2, 0.25) is 6.41 Å². The second-order valence-corrected chi connectivity index (χ2v) is 9.13. The molecule has 0 bridgehead atoms. The summed E-state index contributed by atoms with van der Waals surface area (Å²) in [4.78, 5) is 11.9. The van der Waals surface area contributed by atoms with Crippen molar-refractivity contribution in [3.05, 3.63) is 23.8 Å². The Morgan fingerprint density at radius 1 is 0.900 bits per heavy atom. The number of likely N-dealkylation sites (tertiary alicyclic amines) is 1. The van der Waals surface area contributed by atoms with Crippen LogP contribution in [0.4, 0.5) is 13.2 Å². The summed E-state index contributed by atoms with van der Waals surface area (Å²) in [6.07, 6.45) is 34.3. The van der Waals surface area contributed by atoms with E-state index >= 15 is 0 Å². The van der Waals surface area contributed by atoms with Gasteiger partial charge in [0.15, 0.2) is 18.1 Å². The number of nitrogens with zero attached hydrogens (tertiary/aromatic N) is 1. The van der Waals surface area contributed by atoms with E-state index in [1.807, 2.05) is 17.9 Å². The smallest absolute Gasteiger partial charge is 0.422 e. The zero-order valence-electron chi connectivity index (χ0n) is 24.0.